The summed E-state index contributed by atoms with van der Waals surface area (Å²) in [6, 6.07) is 26.1. The molecule has 3 N–H and O–H groups in total. The quantitative estimate of drug-likeness (QED) is 0.237. The average Bonchev–Trinajstić information content (AvgIpc) is 3.12. The van der Waals surface area contributed by atoms with Crippen LogP contribution in [-0.2, 0) is 10.3 Å². The van der Waals surface area contributed by atoms with Crippen LogP contribution in [0.2, 0.25) is 0 Å². The van der Waals surface area contributed by atoms with Crippen molar-refractivity contribution in [3.8, 4) is 17.2 Å². The minimum atomic E-state index is -1.19. The maximum atomic E-state index is 13.1. The average molecular weight is 431 g/mol. The Balaban J connectivity index is 1.68. The molecule has 1 atom stereocenters. The summed E-state index contributed by atoms with van der Waals surface area (Å²) in [6.45, 7) is 0. The highest BCUT2D eigenvalue weighted by molar-refractivity contribution is 6.02. The number of aromatic hydroxyl groups is 1. The minimum Gasteiger partial charge on any atom is -0.507 e. The number of fused-ring (bicyclic) bond motifs is 10. The molecule has 1 unspecified atom stereocenters. The Kier molecular flexibility index (Phi) is 3.32. The molecule has 0 amide bonds. The number of carbonyl (C=O) groups excluding carboxylic acids is 1. The summed E-state index contributed by atoms with van der Waals surface area (Å²) in [6.07, 6.45) is 0. The van der Waals surface area contributed by atoms with Crippen molar-refractivity contribution in [1.29, 1.82) is 0 Å². The van der Waals surface area contributed by atoms with Gasteiger partial charge in [0.1, 0.15) is 17.2 Å². The second-order valence-electron chi connectivity index (χ2n) is 8.46. The number of carbonyl (C=O) groups is 1. The number of benzene rings is 5. The molecule has 2 heterocycles. The zero-order chi connectivity index (χ0) is 22.3. The number of esters is 1. The van der Waals surface area contributed by atoms with Gasteiger partial charge in [0.15, 0.2) is 5.60 Å². The molecule has 5 nitrogen and oxygen atoms in total. The predicted molar refractivity (Wildman–Crippen MR) is 126 cm³/mol. The van der Waals surface area contributed by atoms with Crippen molar-refractivity contribution in [3.05, 3.63) is 107 Å². The van der Waals surface area contributed by atoms with Gasteiger partial charge in [-0.15, -0.1) is 0 Å². The number of hydrogen-bond donors (Lipinski definition) is 2. The lowest BCUT2D eigenvalue weighted by atomic mass is 9.76. The van der Waals surface area contributed by atoms with Crippen molar-refractivity contribution < 1.29 is 19.4 Å². The number of nitrogens with two attached hydrogens (primary N) is 1. The summed E-state index contributed by atoms with van der Waals surface area (Å²) in [4.78, 5) is 13.1. The van der Waals surface area contributed by atoms with E-state index < -0.39 is 5.60 Å². The molecule has 5 aromatic carbocycles. The van der Waals surface area contributed by atoms with Crippen molar-refractivity contribution in [2.45, 2.75) is 5.60 Å². The van der Waals surface area contributed by atoms with E-state index >= 15 is 0 Å². The molecule has 0 aliphatic carbocycles. The second-order valence-corrected chi connectivity index (χ2v) is 8.46. The third-order valence-corrected chi connectivity index (χ3v) is 6.71. The molecule has 7 rings (SSSR count). The summed E-state index contributed by atoms with van der Waals surface area (Å²) in [5.74, 6) is 0.774. The Bertz CT molecular complexity index is 1670. The molecular weight excluding hydrogens is 414 g/mol. The number of phenolic OH excluding ortho intramolecular Hbond substituents is 1. The van der Waals surface area contributed by atoms with E-state index in [1.54, 1.807) is 18.2 Å². The summed E-state index contributed by atoms with van der Waals surface area (Å²) < 4.78 is 12.8. The van der Waals surface area contributed by atoms with Crippen molar-refractivity contribution in [3.63, 3.8) is 0 Å². The standard InChI is InChI=1S/C28H17NO4/c29-17-10-11-18-16(14-17)9-13-21-25(18)32-26-22(12-8-15-4-3-7-23(30)24(15)26)28(21)20-6-2-1-5-19(20)27(31)33-28/h1-14,30H,29H2. The van der Waals surface area contributed by atoms with E-state index in [1.807, 2.05) is 66.7 Å². The first-order valence-electron chi connectivity index (χ1n) is 10.7. The van der Waals surface area contributed by atoms with Crippen LogP contribution in [-0.4, -0.2) is 11.1 Å². The number of hydrogen-bond acceptors (Lipinski definition) is 5. The highest BCUT2D eigenvalue weighted by Gasteiger charge is 2.54. The third-order valence-electron chi connectivity index (χ3n) is 6.71. The molecule has 0 aromatic heterocycles. The number of rotatable bonds is 0. The zero-order valence-electron chi connectivity index (χ0n) is 17.3. The van der Waals surface area contributed by atoms with E-state index in [-0.39, 0.29) is 11.7 Å². The summed E-state index contributed by atoms with van der Waals surface area (Å²) in [7, 11) is 0. The monoisotopic (exact) mass is 431 g/mol. The molecule has 1 spiro atoms. The number of phenols is 1. The number of anilines is 1. The van der Waals surface area contributed by atoms with Crippen LogP contribution in [0.3, 0.4) is 0 Å². The Morgan fingerprint density at radius 1 is 0.758 bits per heavy atom. The van der Waals surface area contributed by atoms with Crippen molar-refractivity contribution in [2.24, 2.45) is 0 Å². The van der Waals surface area contributed by atoms with Gasteiger partial charge in [-0.1, -0.05) is 42.5 Å². The normalized spacial score (nSPS) is 18.0. The van der Waals surface area contributed by atoms with E-state index in [2.05, 4.69) is 0 Å². The predicted octanol–water partition coefficient (Wildman–Crippen LogP) is 5.85. The van der Waals surface area contributed by atoms with Crippen LogP contribution in [0.5, 0.6) is 17.2 Å². The van der Waals surface area contributed by atoms with Gasteiger partial charge in [0.25, 0.3) is 0 Å². The Hall–Kier alpha value is -4.51. The fraction of sp³-hybridized carbons (Fsp3) is 0.0357. The van der Waals surface area contributed by atoms with Gasteiger partial charge in [0, 0.05) is 27.8 Å². The van der Waals surface area contributed by atoms with Gasteiger partial charge >= 0.3 is 5.97 Å². The summed E-state index contributed by atoms with van der Waals surface area (Å²) in [5.41, 5.74) is 8.17. The Morgan fingerprint density at radius 2 is 1.55 bits per heavy atom. The fourth-order valence-corrected chi connectivity index (χ4v) is 5.28. The van der Waals surface area contributed by atoms with E-state index in [1.165, 1.54) is 0 Å². The topological polar surface area (TPSA) is 81.8 Å². The largest absolute Gasteiger partial charge is 0.507 e. The van der Waals surface area contributed by atoms with Crippen LogP contribution in [0.15, 0.2) is 84.9 Å². The first-order valence-corrected chi connectivity index (χ1v) is 10.7. The van der Waals surface area contributed by atoms with E-state index in [9.17, 15) is 9.90 Å². The molecule has 0 radical (unpaired) electrons. The summed E-state index contributed by atoms with van der Waals surface area (Å²) >= 11 is 0. The van der Waals surface area contributed by atoms with Gasteiger partial charge in [-0.25, -0.2) is 4.79 Å². The molecule has 2 aliphatic heterocycles. The van der Waals surface area contributed by atoms with Crippen LogP contribution in [0.1, 0.15) is 27.0 Å². The summed E-state index contributed by atoms with van der Waals surface area (Å²) in [5, 5.41) is 14.0. The van der Waals surface area contributed by atoms with Crippen LogP contribution in [0.25, 0.3) is 21.5 Å². The van der Waals surface area contributed by atoms with Gasteiger partial charge in [-0.3, -0.25) is 0 Å². The lowest BCUT2D eigenvalue weighted by molar-refractivity contribution is 0.0226. The van der Waals surface area contributed by atoms with Gasteiger partial charge < -0.3 is 20.3 Å². The SMILES string of the molecule is Nc1ccc2c3c(ccc2c1)C1(OC(=O)c2ccccc21)c1ccc2cccc(O)c2c1O3. The highest BCUT2D eigenvalue weighted by atomic mass is 16.6. The third kappa shape index (κ3) is 2.18. The van der Waals surface area contributed by atoms with E-state index in [0.717, 1.165) is 27.3 Å². The minimum absolute atomic E-state index is 0.102. The van der Waals surface area contributed by atoms with E-state index in [4.69, 9.17) is 15.2 Å². The molecule has 2 aliphatic rings. The number of nitrogen functional groups attached to an aromatic ring is 1. The van der Waals surface area contributed by atoms with Crippen LogP contribution in [0, 0.1) is 0 Å². The van der Waals surface area contributed by atoms with Crippen molar-refractivity contribution in [1.82, 2.24) is 0 Å². The van der Waals surface area contributed by atoms with Gasteiger partial charge in [0.05, 0.1) is 10.9 Å². The maximum absolute atomic E-state index is 13.1. The molecule has 0 bridgehead atoms. The zero-order valence-corrected chi connectivity index (χ0v) is 17.3. The fourth-order valence-electron chi connectivity index (χ4n) is 5.28. The smallest absolute Gasteiger partial charge is 0.340 e. The lowest BCUT2D eigenvalue weighted by Crippen LogP contribution is -2.33. The Morgan fingerprint density at radius 3 is 2.42 bits per heavy atom. The van der Waals surface area contributed by atoms with Gasteiger partial charge in [-0.2, -0.15) is 0 Å². The second kappa shape index (κ2) is 6.04. The molecule has 33 heavy (non-hydrogen) atoms. The molecule has 5 aromatic rings. The lowest BCUT2D eigenvalue weighted by Gasteiger charge is -2.37. The Labute approximate surface area is 188 Å². The molecule has 158 valence electrons. The molecule has 0 fully saturated rings. The maximum Gasteiger partial charge on any atom is 0.340 e. The van der Waals surface area contributed by atoms with Crippen LogP contribution >= 0.6 is 0 Å². The first-order chi connectivity index (χ1) is 16.1. The van der Waals surface area contributed by atoms with Gasteiger partial charge in [0.2, 0.25) is 0 Å². The number of ether oxygens (including phenoxy) is 2. The first kappa shape index (κ1) is 18.1. The molecular formula is C28H17NO4. The highest BCUT2D eigenvalue weighted by Crippen LogP contribution is 2.59. The van der Waals surface area contributed by atoms with Gasteiger partial charge in [-0.05, 0) is 53.2 Å². The van der Waals surface area contributed by atoms with Crippen molar-refractivity contribution in [2.75, 3.05) is 5.73 Å². The molecule has 0 saturated heterocycles. The van der Waals surface area contributed by atoms with Crippen LogP contribution < -0.4 is 10.5 Å². The molecule has 0 saturated carbocycles. The van der Waals surface area contributed by atoms with Crippen LogP contribution in [0.4, 0.5) is 5.69 Å². The van der Waals surface area contributed by atoms with Crippen molar-refractivity contribution >= 4 is 33.2 Å². The molecule has 5 heteroatoms. The van der Waals surface area contributed by atoms with E-state index in [0.29, 0.717) is 33.7 Å².